The van der Waals surface area contributed by atoms with Gasteiger partial charge in [-0.2, -0.15) is 0 Å². The number of imidazole rings is 1. The Morgan fingerprint density at radius 1 is 1.19 bits per heavy atom. The van der Waals surface area contributed by atoms with Crippen molar-refractivity contribution >= 4 is 5.82 Å². The molecule has 0 atom stereocenters. The lowest BCUT2D eigenvalue weighted by Gasteiger charge is -2.09. The first-order valence-corrected chi connectivity index (χ1v) is 9.26. The highest BCUT2D eigenvalue weighted by molar-refractivity contribution is 5.64. The van der Waals surface area contributed by atoms with E-state index in [0.29, 0.717) is 23.7 Å². The highest BCUT2D eigenvalue weighted by Crippen LogP contribution is 2.27. The zero-order valence-electron chi connectivity index (χ0n) is 16.4. The van der Waals surface area contributed by atoms with Gasteiger partial charge in [0.1, 0.15) is 17.8 Å². The van der Waals surface area contributed by atoms with Crippen LogP contribution in [-0.4, -0.2) is 32.6 Å². The molecule has 1 aliphatic rings. The molecule has 0 radical (unpaired) electrons. The van der Waals surface area contributed by atoms with Crippen LogP contribution in [0.15, 0.2) is 48.7 Å². The van der Waals surface area contributed by atoms with E-state index in [9.17, 15) is 27.7 Å². The van der Waals surface area contributed by atoms with Crippen LogP contribution in [0.25, 0.3) is 11.1 Å². The van der Waals surface area contributed by atoms with Gasteiger partial charge in [0.15, 0.2) is 0 Å². The van der Waals surface area contributed by atoms with Gasteiger partial charge in [-0.1, -0.05) is 24.3 Å². The number of aliphatic hydroxyl groups excluding tert-OH is 1. The molecule has 0 fully saturated rings. The van der Waals surface area contributed by atoms with Crippen molar-refractivity contribution in [3.8, 4) is 22.9 Å². The summed E-state index contributed by atoms with van der Waals surface area (Å²) in [4.78, 5) is 13.5. The van der Waals surface area contributed by atoms with Crippen LogP contribution in [0.3, 0.4) is 0 Å². The molecule has 1 N–H and O–H groups in total. The molecule has 32 heavy (non-hydrogen) atoms. The van der Waals surface area contributed by atoms with Crippen molar-refractivity contribution in [1.82, 2.24) is 9.55 Å². The van der Waals surface area contributed by atoms with E-state index in [2.05, 4.69) is 9.72 Å². The van der Waals surface area contributed by atoms with Gasteiger partial charge in [0, 0.05) is 17.1 Å². The Hall–Kier alpha value is -3.67. The number of hydrogen-bond donors (Lipinski definition) is 1. The largest absolute Gasteiger partial charge is 0.573 e. The van der Waals surface area contributed by atoms with E-state index < -0.39 is 23.7 Å². The molecule has 2 heterocycles. The quantitative estimate of drug-likeness (QED) is 0.354. The maximum atomic E-state index is 13.5. The molecule has 0 unspecified atom stereocenters. The average Bonchev–Trinajstić information content (AvgIpc) is 3.18. The number of alkyl halides is 3. The molecule has 170 valence electrons. The van der Waals surface area contributed by atoms with Crippen LogP contribution in [0.4, 0.5) is 23.4 Å². The first-order chi connectivity index (χ1) is 15.2. The molecular formula is C20H17F4N3O5. The van der Waals surface area contributed by atoms with E-state index in [1.165, 1.54) is 30.5 Å². The summed E-state index contributed by atoms with van der Waals surface area (Å²) in [5.74, 6) is -1.05. The third-order valence-corrected chi connectivity index (χ3v) is 4.33. The highest BCUT2D eigenvalue weighted by atomic mass is 19.4. The number of aryl methyl sites for hydroxylation is 1. The van der Waals surface area contributed by atoms with Crippen molar-refractivity contribution in [1.29, 1.82) is 0 Å². The van der Waals surface area contributed by atoms with Gasteiger partial charge in [0.25, 0.3) is 0 Å². The molecule has 4 rings (SSSR count). The topological polar surface area (TPSA) is 99.7 Å². The van der Waals surface area contributed by atoms with Gasteiger partial charge in [-0.15, -0.1) is 13.2 Å². The maximum Gasteiger partial charge on any atom is 0.573 e. The van der Waals surface area contributed by atoms with E-state index in [1.807, 2.05) is 0 Å². The van der Waals surface area contributed by atoms with Crippen LogP contribution in [0, 0.1) is 15.9 Å². The van der Waals surface area contributed by atoms with Crippen molar-refractivity contribution in [3.05, 3.63) is 70.2 Å². The summed E-state index contributed by atoms with van der Waals surface area (Å²) in [6, 6.07) is 9.67. The molecule has 2 aromatic carbocycles. The Labute approximate surface area is 178 Å². The summed E-state index contributed by atoms with van der Waals surface area (Å²) >= 11 is 0. The predicted molar refractivity (Wildman–Crippen MR) is 103 cm³/mol. The molecule has 0 aliphatic carbocycles. The Morgan fingerprint density at radius 3 is 2.44 bits per heavy atom. The molecular weight excluding hydrogens is 438 g/mol. The Kier molecular flexibility index (Phi) is 6.93. The third-order valence-electron chi connectivity index (χ3n) is 4.33. The van der Waals surface area contributed by atoms with Crippen LogP contribution in [0.2, 0.25) is 0 Å². The van der Waals surface area contributed by atoms with Crippen molar-refractivity contribution in [2.45, 2.75) is 25.9 Å². The lowest BCUT2D eigenvalue weighted by atomic mass is 10.0. The second kappa shape index (κ2) is 9.64. The summed E-state index contributed by atoms with van der Waals surface area (Å²) < 4.78 is 60.0. The molecule has 0 saturated carbocycles. The normalized spacial score (nSPS) is 12.8. The van der Waals surface area contributed by atoms with Gasteiger partial charge in [0.05, 0.1) is 13.2 Å². The van der Waals surface area contributed by atoms with Gasteiger partial charge in [-0.3, -0.25) is 4.57 Å². The van der Waals surface area contributed by atoms with Crippen LogP contribution >= 0.6 is 0 Å². The standard InChI is InChI=1S/C14H10F4O2.C6H7N3O3/c15-13-7-10(1-2-11(13)8-19)9-3-5-12(6-4-9)20-14(16,17)18;10-9(11)5-4-8-2-1-3-12-6(8)7-5/h1-7,19H,8H2;4H,1-3H2. The van der Waals surface area contributed by atoms with Crippen LogP contribution in [0.5, 0.6) is 11.8 Å². The fourth-order valence-electron chi connectivity index (χ4n) is 2.85. The molecule has 3 aromatic rings. The van der Waals surface area contributed by atoms with Gasteiger partial charge >= 0.3 is 18.2 Å². The van der Waals surface area contributed by atoms with Crippen molar-refractivity contribution in [2.75, 3.05) is 6.61 Å². The first-order valence-electron chi connectivity index (χ1n) is 9.26. The lowest BCUT2D eigenvalue weighted by molar-refractivity contribution is -0.389. The zero-order valence-corrected chi connectivity index (χ0v) is 16.4. The molecule has 12 heteroatoms. The first kappa shape index (κ1) is 23.0. The Bertz CT molecular complexity index is 1060. The van der Waals surface area contributed by atoms with E-state index in [1.54, 1.807) is 10.6 Å². The molecule has 0 saturated heterocycles. The van der Waals surface area contributed by atoms with Crippen LogP contribution in [-0.2, 0) is 13.2 Å². The minimum Gasteiger partial charge on any atom is -0.446 e. The summed E-state index contributed by atoms with van der Waals surface area (Å²) in [6.45, 7) is 0.925. The number of halogens is 4. The predicted octanol–water partition coefficient (Wildman–Crippen LogP) is 4.46. The van der Waals surface area contributed by atoms with Crippen molar-refractivity contribution in [2.24, 2.45) is 0 Å². The van der Waals surface area contributed by atoms with Crippen molar-refractivity contribution < 1.29 is 37.1 Å². The van der Waals surface area contributed by atoms with E-state index in [0.717, 1.165) is 25.1 Å². The third kappa shape index (κ3) is 5.94. The molecule has 0 spiro atoms. The molecule has 0 amide bonds. The van der Waals surface area contributed by atoms with Gasteiger partial charge in [0.2, 0.25) is 0 Å². The number of aromatic nitrogens is 2. The number of nitrogens with zero attached hydrogens (tertiary/aromatic N) is 3. The average molecular weight is 455 g/mol. The SMILES string of the molecule is O=[N+]([O-])c1cn2c(n1)OCCC2.OCc1ccc(-c2ccc(OC(F)(F)F)cc2)cc1F. The van der Waals surface area contributed by atoms with Gasteiger partial charge < -0.3 is 24.7 Å². The van der Waals surface area contributed by atoms with Gasteiger partial charge in [-0.05, 0) is 40.7 Å². The number of nitro groups is 1. The highest BCUT2D eigenvalue weighted by Gasteiger charge is 2.31. The summed E-state index contributed by atoms with van der Waals surface area (Å²) in [5, 5.41) is 19.2. The fraction of sp³-hybridized carbons (Fsp3) is 0.250. The monoisotopic (exact) mass is 455 g/mol. The number of rotatable bonds is 4. The number of ether oxygens (including phenoxy) is 2. The summed E-state index contributed by atoms with van der Waals surface area (Å²) in [5.41, 5.74) is 1.20. The number of benzene rings is 2. The van der Waals surface area contributed by atoms with Crippen molar-refractivity contribution in [3.63, 3.8) is 0 Å². The van der Waals surface area contributed by atoms with E-state index in [-0.39, 0.29) is 17.1 Å². The Morgan fingerprint density at radius 2 is 1.88 bits per heavy atom. The summed E-state index contributed by atoms with van der Waals surface area (Å²) in [6.07, 6.45) is -2.47. The molecule has 0 bridgehead atoms. The zero-order chi connectivity index (χ0) is 23.3. The summed E-state index contributed by atoms with van der Waals surface area (Å²) in [7, 11) is 0. The van der Waals surface area contributed by atoms with Gasteiger partial charge in [-0.25, -0.2) is 4.39 Å². The maximum absolute atomic E-state index is 13.5. The van der Waals surface area contributed by atoms with E-state index >= 15 is 0 Å². The Balaban J connectivity index is 0.000000204. The lowest BCUT2D eigenvalue weighted by Crippen LogP contribution is -2.16. The number of fused-ring (bicyclic) bond motifs is 1. The minimum atomic E-state index is -4.74. The molecule has 1 aromatic heterocycles. The van der Waals surface area contributed by atoms with Crippen LogP contribution < -0.4 is 9.47 Å². The molecule has 1 aliphatic heterocycles. The smallest absolute Gasteiger partial charge is 0.446 e. The number of hydrogen-bond acceptors (Lipinski definition) is 6. The second-order valence-electron chi connectivity index (χ2n) is 6.57. The van der Waals surface area contributed by atoms with Crippen LogP contribution in [0.1, 0.15) is 12.0 Å². The fourth-order valence-corrected chi connectivity index (χ4v) is 2.85. The second-order valence-corrected chi connectivity index (χ2v) is 6.57. The molecule has 8 nitrogen and oxygen atoms in total. The van der Waals surface area contributed by atoms with E-state index in [4.69, 9.17) is 9.84 Å². The number of aliphatic hydroxyl groups is 1. The minimum absolute atomic E-state index is 0.146.